The first-order valence-electron chi connectivity index (χ1n) is 6.08. The minimum absolute atomic E-state index is 0.151. The largest absolute Gasteiger partial charge is 0.468 e. The average Bonchev–Trinajstić information content (AvgIpc) is 2.90. The van der Waals surface area contributed by atoms with E-state index in [0.717, 1.165) is 12.8 Å². The highest BCUT2D eigenvalue weighted by atomic mass is 32.1. The molecular formula is C11H19NO4S. The Morgan fingerprint density at radius 3 is 2.65 bits per heavy atom. The number of hydrogen-bond acceptors (Lipinski definition) is 5. The van der Waals surface area contributed by atoms with Crippen LogP contribution in [-0.2, 0) is 9.47 Å². The minimum Gasteiger partial charge on any atom is -0.468 e. The van der Waals surface area contributed by atoms with Crippen molar-refractivity contribution in [3.05, 3.63) is 0 Å². The summed E-state index contributed by atoms with van der Waals surface area (Å²) in [5.41, 5.74) is 0. The van der Waals surface area contributed by atoms with E-state index in [1.807, 2.05) is 0 Å². The van der Waals surface area contributed by atoms with Crippen LogP contribution in [0.4, 0.5) is 0 Å². The molecule has 3 N–H and O–H groups in total. The topological polar surface area (TPSA) is 71.0 Å². The normalized spacial score (nSPS) is 33.9. The molecule has 0 spiro atoms. The van der Waals surface area contributed by atoms with E-state index in [0.29, 0.717) is 11.2 Å². The lowest BCUT2D eigenvalue weighted by molar-refractivity contribution is -0.00304. The van der Waals surface area contributed by atoms with Crippen LogP contribution < -0.4 is 5.32 Å². The van der Waals surface area contributed by atoms with Crippen LogP contribution in [0.5, 0.6) is 0 Å². The smallest absolute Gasteiger partial charge is 0.256 e. The minimum atomic E-state index is -0.885. The van der Waals surface area contributed by atoms with Gasteiger partial charge in [-0.15, -0.1) is 0 Å². The molecule has 5 nitrogen and oxygen atoms in total. The predicted molar refractivity (Wildman–Crippen MR) is 65.7 cm³/mol. The van der Waals surface area contributed by atoms with E-state index >= 15 is 0 Å². The second-order valence-corrected chi connectivity index (χ2v) is 5.02. The zero-order valence-corrected chi connectivity index (χ0v) is 10.5. The van der Waals surface area contributed by atoms with Crippen molar-refractivity contribution in [2.24, 2.45) is 0 Å². The van der Waals surface area contributed by atoms with Gasteiger partial charge in [-0.25, -0.2) is 0 Å². The molecule has 3 unspecified atom stereocenters. The fourth-order valence-electron chi connectivity index (χ4n) is 2.25. The standard InChI is InChI=1S/C11H19NO4S/c13-8-5-15-9(10(8)14)6-16-11(17)12-7-3-1-2-4-7/h7-10,13-14H,1-6H2,(H,12,17). The van der Waals surface area contributed by atoms with E-state index in [-0.39, 0.29) is 13.2 Å². The van der Waals surface area contributed by atoms with Crippen molar-refractivity contribution in [1.82, 2.24) is 5.32 Å². The van der Waals surface area contributed by atoms with Crippen molar-refractivity contribution >= 4 is 17.4 Å². The van der Waals surface area contributed by atoms with Crippen LogP contribution in [-0.4, -0.2) is 53.0 Å². The van der Waals surface area contributed by atoms with Crippen molar-refractivity contribution in [3.63, 3.8) is 0 Å². The van der Waals surface area contributed by atoms with E-state index in [4.69, 9.17) is 21.7 Å². The first-order chi connectivity index (χ1) is 8.16. The molecule has 1 aliphatic carbocycles. The van der Waals surface area contributed by atoms with Crippen LogP contribution in [0.2, 0.25) is 0 Å². The van der Waals surface area contributed by atoms with Gasteiger partial charge in [-0.2, -0.15) is 0 Å². The summed E-state index contributed by atoms with van der Waals surface area (Å²) in [5, 5.41) is 22.3. The number of nitrogens with one attached hydrogen (secondary N) is 1. The lowest BCUT2D eigenvalue weighted by Gasteiger charge is -2.18. The Morgan fingerprint density at radius 2 is 2.06 bits per heavy atom. The number of thiocarbonyl (C=S) groups is 1. The van der Waals surface area contributed by atoms with E-state index in [9.17, 15) is 10.2 Å². The first-order valence-corrected chi connectivity index (χ1v) is 6.48. The first kappa shape index (κ1) is 13.0. The average molecular weight is 261 g/mol. The molecule has 0 radical (unpaired) electrons. The second-order valence-electron chi connectivity index (χ2n) is 4.65. The zero-order chi connectivity index (χ0) is 12.3. The highest BCUT2D eigenvalue weighted by Gasteiger charge is 2.35. The van der Waals surface area contributed by atoms with Crippen molar-refractivity contribution in [1.29, 1.82) is 0 Å². The monoisotopic (exact) mass is 261 g/mol. The summed E-state index contributed by atoms with van der Waals surface area (Å²) in [6, 6.07) is 0.419. The lowest BCUT2D eigenvalue weighted by Crippen LogP contribution is -2.37. The molecule has 0 bridgehead atoms. The number of ether oxygens (including phenoxy) is 2. The summed E-state index contributed by atoms with van der Waals surface area (Å²) < 4.78 is 10.5. The van der Waals surface area contributed by atoms with Gasteiger partial charge in [0, 0.05) is 6.04 Å². The quantitative estimate of drug-likeness (QED) is 0.618. The fourth-order valence-corrected chi connectivity index (χ4v) is 2.48. The lowest BCUT2D eigenvalue weighted by atomic mass is 10.2. The summed E-state index contributed by atoms with van der Waals surface area (Å²) >= 11 is 5.06. The molecule has 17 heavy (non-hydrogen) atoms. The molecule has 98 valence electrons. The van der Waals surface area contributed by atoms with Crippen LogP contribution in [0.25, 0.3) is 0 Å². The summed E-state index contributed by atoms with van der Waals surface area (Å²) in [5.74, 6) is 0. The highest BCUT2D eigenvalue weighted by Crippen LogP contribution is 2.18. The van der Waals surface area contributed by atoms with Gasteiger partial charge < -0.3 is 25.0 Å². The Morgan fingerprint density at radius 1 is 1.35 bits per heavy atom. The van der Waals surface area contributed by atoms with Crippen LogP contribution in [0.3, 0.4) is 0 Å². The summed E-state index contributed by atoms with van der Waals surface area (Å²) in [4.78, 5) is 0. The summed E-state index contributed by atoms with van der Waals surface area (Å²) in [6.07, 6.45) is 2.53. The summed E-state index contributed by atoms with van der Waals surface area (Å²) in [7, 11) is 0. The van der Waals surface area contributed by atoms with Gasteiger partial charge in [0.25, 0.3) is 5.17 Å². The number of aliphatic hydroxyl groups excluding tert-OH is 2. The molecule has 6 heteroatoms. The molecule has 2 fully saturated rings. The maximum atomic E-state index is 9.54. The zero-order valence-electron chi connectivity index (χ0n) is 9.67. The fraction of sp³-hybridized carbons (Fsp3) is 0.909. The van der Waals surface area contributed by atoms with Gasteiger partial charge in [0.15, 0.2) is 0 Å². The van der Waals surface area contributed by atoms with Crippen LogP contribution in [0, 0.1) is 0 Å². The second kappa shape index (κ2) is 5.95. The van der Waals surface area contributed by atoms with E-state index in [1.165, 1.54) is 12.8 Å². The molecule has 0 amide bonds. The van der Waals surface area contributed by atoms with E-state index in [2.05, 4.69) is 5.32 Å². The molecule has 0 aromatic carbocycles. The Bertz CT molecular complexity index is 270. The predicted octanol–water partition coefficient (Wildman–Crippen LogP) is -0.0593. The third-order valence-corrected chi connectivity index (χ3v) is 3.55. The van der Waals surface area contributed by atoms with Gasteiger partial charge in [0.2, 0.25) is 0 Å². The van der Waals surface area contributed by atoms with Gasteiger partial charge in [0.05, 0.1) is 6.61 Å². The Hall–Kier alpha value is -0.430. The SMILES string of the molecule is OC1COC(COC(=S)NC2CCCC2)C1O. The number of rotatable bonds is 3. The number of aliphatic hydroxyl groups is 2. The van der Waals surface area contributed by atoms with Crippen LogP contribution in [0.15, 0.2) is 0 Å². The van der Waals surface area contributed by atoms with Crippen molar-refractivity contribution in [2.45, 2.75) is 50.0 Å². The van der Waals surface area contributed by atoms with Gasteiger partial charge in [-0.3, -0.25) is 0 Å². The summed E-state index contributed by atoms with van der Waals surface area (Å²) in [6.45, 7) is 0.328. The maximum absolute atomic E-state index is 9.54. The maximum Gasteiger partial charge on any atom is 0.256 e. The van der Waals surface area contributed by atoms with Gasteiger partial charge in [-0.1, -0.05) is 12.8 Å². The van der Waals surface area contributed by atoms with Gasteiger partial charge >= 0.3 is 0 Å². The Balaban J connectivity index is 1.65. The Labute approximate surface area is 106 Å². The van der Waals surface area contributed by atoms with Crippen molar-refractivity contribution in [3.8, 4) is 0 Å². The van der Waals surface area contributed by atoms with Gasteiger partial charge in [0.1, 0.15) is 24.9 Å². The molecule has 1 heterocycles. The van der Waals surface area contributed by atoms with Crippen LogP contribution in [0.1, 0.15) is 25.7 Å². The molecule has 3 atom stereocenters. The van der Waals surface area contributed by atoms with Crippen molar-refractivity contribution in [2.75, 3.05) is 13.2 Å². The van der Waals surface area contributed by atoms with Crippen LogP contribution >= 0.6 is 12.2 Å². The molecule has 1 saturated carbocycles. The molecule has 2 rings (SSSR count). The van der Waals surface area contributed by atoms with Crippen molar-refractivity contribution < 1.29 is 19.7 Å². The molecule has 0 aromatic heterocycles. The molecule has 2 aliphatic rings. The molecular weight excluding hydrogens is 242 g/mol. The molecule has 1 aliphatic heterocycles. The van der Waals surface area contributed by atoms with Gasteiger partial charge in [-0.05, 0) is 25.1 Å². The third kappa shape index (κ3) is 3.51. The molecule has 0 aromatic rings. The van der Waals surface area contributed by atoms with E-state index in [1.54, 1.807) is 0 Å². The molecule has 1 saturated heterocycles. The highest BCUT2D eigenvalue weighted by molar-refractivity contribution is 7.80. The number of hydrogen-bond donors (Lipinski definition) is 3. The third-order valence-electron chi connectivity index (χ3n) is 3.31. The van der Waals surface area contributed by atoms with E-state index < -0.39 is 18.3 Å². The Kier molecular flexibility index (Phi) is 4.55.